The van der Waals surface area contributed by atoms with E-state index in [0.29, 0.717) is 5.75 Å². The van der Waals surface area contributed by atoms with Crippen LogP contribution in [0, 0.1) is 0 Å². The quantitative estimate of drug-likeness (QED) is 0.513. The fraction of sp³-hybridized carbons (Fsp3) is 1.00. The molecule has 0 saturated carbocycles. The van der Waals surface area contributed by atoms with Crippen molar-refractivity contribution in [3.63, 3.8) is 0 Å². The Morgan fingerprint density at radius 3 is 2.33 bits per heavy atom. The van der Waals surface area contributed by atoms with E-state index in [9.17, 15) is 0 Å². The van der Waals surface area contributed by atoms with Gasteiger partial charge in [-0.3, -0.25) is 0 Å². The SMILES string of the molecule is CSCC(N)C(N)CS. The highest BCUT2D eigenvalue weighted by molar-refractivity contribution is 7.98. The van der Waals surface area contributed by atoms with E-state index in [4.69, 9.17) is 11.5 Å². The highest BCUT2D eigenvalue weighted by atomic mass is 32.2. The highest BCUT2D eigenvalue weighted by Gasteiger charge is 2.09. The molecule has 0 radical (unpaired) electrons. The highest BCUT2D eigenvalue weighted by Crippen LogP contribution is 1.98. The molecule has 0 aromatic heterocycles. The number of thiol groups is 1. The minimum atomic E-state index is 0.0424. The van der Waals surface area contributed by atoms with Crippen molar-refractivity contribution in [2.24, 2.45) is 11.5 Å². The molecule has 9 heavy (non-hydrogen) atoms. The summed E-state index contributed by atoms with van der Waals surface area (Å²) in [5, 5.41) is 0. The molecule has 56 valence electrons. The van der Waals surface area contributed by atoms with Gasteiger partial charge >= 0.3 is 0 Å². The molecule has 0 aromatic rings. The molecular weight excluding hydrogens is 152 g/mol. The van der Waals surface area contributed by atoms with Crippen molar-refractivity contribution in [3.05, 3.63) is 0 Å². The van der Waals surface area contributed by atoms with Gasteiger partial charge in [-0.05, 0) is 6.26 Å². The van der Waals surface area contributed by atoms with Crippen LogP contribution in [0.2, 0.25) is 0 Å². The molecule has 0 spiro atoms. The zero-order valence-corrected chi connectivity index (χ0v) is 7.29. The summed E-state index contributed by atoms with van der Waals surface area (Å²) in [6.07, 6.45) is 2.02. The van der Waals surface area contributed by atoms with Gasteiger partial charge in [-0.25, -0.2) is 0 Å². The molecule has 4 heteroatoms. The number of hydrogen-bond acceptors (Lipinski definition) is 4. The molecule has 0 bridgehead atoms. The largest absolute Gasteiger partial charge is 0.326 e. The second-order valence-electron chi connectivity index (χ2n) is 1.97. The molecule has 4 N–H and O–H groups in total. The van der Waals surface area contributed by atoms with Crippen LogP contribution in [0.3, 0.4) is 0 Å². The van der Waals surface area contributed by atoms with Gasteiger partial charge in [-0.2, -0.15) is 24.4 Å². The normalized spacial score (nSPS) is 17.3. The lowest BCUT2D eigenvalue weighted by atomic mass is 10.2. The molecule has 0 fully saturated rings. The van der Waals surface area contributed by atoms with Gasteiger partial charge in [0.05, 0.1) is 0 Å². The average molecular weight is 166 g/mol. The van der Waals surface area contributed by atoms with Gasteiger partial charge in [-0.1, -0.05) is 0 Å². The zero-order chi connectivity index (χ0) is 7.28. The summed E-state index contributed by atoms with van der Waals surface area (Å²) in [6.45, 7) is 0. The maximum absolute atomic E-state index is 5.64. The third kappa shape index (κ3) is 4.08. The molecule has 0 aliphatic rings. The molecule has 0 aliphatic carbocycles. The summed E-state index contributed by atoms with van der Waals surface area (Å²) < 4.78 is 0. The van der Waals surface area contributed by atoms with Crippen LogP contribution in [0.4, 0.5) is 0 Å². The minimum Gasteiger partial charge on any atom is -0.326 e. The van der Waals surface area contributed by atoms with E-state index < -0.39 is 0 Å². The van der Waals surface area contributed by atoms with E-state index in [2.05, 4.69) is 12.6 Å². The molecular formula is C5H14N2S2. The standard InChI is InChI=1S/C5H14N2S2/c1-9-3-5(7)4(6)2-8/h4-5,8H,2-3,6-7H2,1H3. The molecule has 0 aromatic carbocycles. The van der Waals surface area contributed by atoms with Crippen LogP contribution in [0.1, 0.15) is 0 Å². The molecule has 2 nitrogen and oxygen atoms in total. The predicted octanol–water partition coefficient (Wildman–Crippen LogP) is -0.0662. The Kier molecular flexibility index (Phi) is 5.78. The van der Waals surface area contributed by atoms with E-state index in [-0.39, 0.29) is 12.1 Å². The van der Waals surface area contributed by atoms with Crippen LogP contribution in [0.5, 0.6) is 0 Å². The third-order valence-corrected chi connectivity index (χ3v) is 2.26. The van der Waals surface area contributed by atoms with Crippen LogP contribution in [0.15, 0.2) is 0 Å². The lowest BCUT2D eigenvalue weighted by Crippen LogP contribution is -2.44. The summed E-state index contributed by atoms with van der Waals surface area (Å²) in [5.74, 6) is 1.59. The van der Waals surface area contributed by atoms with Crippen molar-refractivity contribution in [2.45, 2.75) is 12.1 Å². The van der Waals surface area contributed by atoms with Gasteiger partial charge < -0.3 is 11.5 Å². The van der Waals surface area contributed by atoms with Gasteiger partial charge in [0.2, 0.25) is 0 Å². The first-order valence-electron chi connectivity index (χ1n) is 2.83. The second kappa shape index (κ2) is 5.41. The fourth-order valence-electron chi connectivity index (χ4n) is 0.451. The first-order valence-corrected chi connectivity index (χ1v) is 4.86. The van der Waals surface area contributed by atoms with Crippen molar-refractivity contribution >= 4 is 24.4 Å². The lowest BCUT2D eigenvalue weighted by Gasteiger charge is -2.15. The molecule has 0 amide bonds. The van der Waals surface area contributed by atoms with Gasteiger partial charge in [0, 0.05) is 23.6 Å². The number of nitrogens with two attached hydrogens (primary N) is 2. The number of rotatable bonds is 4. The summed E-state index contributed by atoms with van der Waals surface area (Å²) in [5.41, 5.74) is 11.2. The van der Waals surface area contributed by atoms with Crippen LogP contribution in [-0.4, -0.2) is 29.8 Å². The van der Waals surface area contributed by atoms with Gasteiger partial charge in [0.1, 0.15) is 0 Å². The van der Waals surface area contributed by atoms with Crippen LogP contribution < -0.4 is 11.5 Å². The van der Waals surface area contributed by atoms with Crippen molar-refractivity contribution in [1.29, 1.82) is 0 Å². The maximum atomic E-state index is 5.64. The number of hydrogen-bond donors (Lipinski definition) is 3. The fourth-order valence-corrected chi connectivity index (χ4v) is 1.35. The molecule has 2 atom stereocenters. The van der Waals surface area contributed by atoms with E-state index in [0.717, 1.165) is 5.75 Å². The van der Waals surface area contributed by atoms with Crippen LogP contribution in [0.25, 0.3) is 0 Å². The van der Waals surface area contributed by atoms with Gasteiger partial charge in [0.25, 0.3) is 0 Å². The van der Waals surface area contributed by atoms with E-state index in [1.807, 2.05) is 6.26 Å². The summed E-state index contributed by atoms with van der Waals surface area (Å²) >= 11 is 5.75. The first kappa shape index (κ1) is 9.62. The summed E-state index contributed by atoms with van der Waals surface area (Å²) in [7, 11) is 0. The topological polar surface area (TPSA) is 52.0 Å². The molecule has 0 rings (SSSR count). The molecule has 0 aliphatic heterocycles. The zero-order valence-electron chi connectivity index (χ0n) is 5.58. The van der Waals surface area contributed by atoms with Gasteiger partial charge in [-0.15, -0.1) is 0 Å². The Bertz CT molecular complexity index is 70.0. The summed E-state index contributed by atoms with van der Waals surface area (Å²) in [6, 6.07) is 0.137. The molecule has 2 unspecified atom stereocenters. The smallest absolute Gasteiger partial charge is 0.0292 e. The predicted molar refractivity (Wildman–Crippen MR) is 48.2 cm³/mol. The first-order chi connectivity index (χ1) is 4.22. The van der Waals surface area contributed by atoms with Crippen molar-refractivity contribution in [2.75, 3.05) is 17.8 Å². The van der Waals surface area contributed by atoms with Crippen molar-refractivity contribution in [1.82, 2.24) is 0 Å². The third-order valence-electron chi connectivity index (χ3n) is 1.12. The van der Waals surface area contributed by atoms with E-state index in [1.54, 1.807) is 11.8 Å². The maximum Gasteiger partial charge on any atom is 0.0292 e. The Balaban J connectivity index is 3.32. The van der Waals surface area contributed by atoms with Crippen molar-refractivity contribution in [3.8, 4) is 0 Å². The van der Waals surface area contributed by atoms with Crippen LogP contribution >= 0.6 is 24.4 Å². The Hall–Kier alpha value is 0.620. The minimum absolute atomic E-state index is 0.0424. The van der Waals surface area contributed by atoms with Gasteiger partial charge in [0.15, 0.2) is 0 Å². The van der Waals surface area contributed by atoms with E-state index >= 15 is 0 Å². The average Bonchev–Trinajstić information content (AvgIpc) is 1.87. The number of thioether (sulfide) groups is 1. The monoisotopic (exact) mass is 166 g/mol. The Morgan fingerprint density at radius 1 is 1.44 bits per heavy atom. The molecule has 0 saturated heterocycles. The Labute approximate surface area is 66.2 Å². The van der Waals surface area contributed by atoms with Crippen molar-refractivity contribution < 1.29 is 0 Å². The Morgan fingerprint density at radius 2 is 2.00 bits per heavy atom. The molecule has 0 heterocycles. The lowest BCUT2D eigenvalue weighted by molar-refractivity contribution is 0.620. The second-order valence-corrected chi connectivity index (χ2v) is 3.24. The van der Waals surface area contributed by atoms with Crippen LogP contribution in [-0.2, 0) is 0 Å². The van der Waals surface area contributed by atoms with E-state index in [1.165, 1.54) is 0 Å². The summed E-state index contributed by atoms with van der Waals surface area (Å²) in [4.78, 5) is 0.